The smallest absolute Gasteiger partial charge is 0.238 e. The maximum Gasteiger partial charge on any atom is 0.238 e. The average Bonchev–Trinajstić information content (AvgIpc) is 2.61. The summed E-state index contributed by atoms with van der Waals surface area (Å²) in [5.41, 5.74) is 13.0. The van der Waals surface area contributed by atoms with E-state index in [0.29, 0.717) is 5.69 Å². The van der Waals surface area contributed by atoms with Gasteiger partial charge < -0.3 is 16.8 Å². The quantitative estimate of drug-likeness (QED) is 0.518. The van der Waals surface area contributed by atoms with Crippen LogP contribution in [0.25, 0.3) is 10.8 Å². The normalized spacial score (nSPS) is 14.2. The summed E-state index contributed by atoms with van der Waals surface area (Å²) >= 11 is 0. The van der Waals surface area contributed by atoms with Gasteiger partial charge in [0.2, 0.25) is 10.0 Å². The number of primary sulfonamides is 1. The Morgan fingerprint density at radius 3 is 2.20 bits per heavy atom. The molecule has 130 valence electrons. The molecule has 0 saturated carbocycles. The summed E-state index contributed by atoms with van der Waals surface area (Å²) in [7, 11) is -3.73. The Labute approximate surface area is 146 Å². The van der Waals surface area contributed by atoms with E-state index in [1.54, 1.807) is 12.1 Å². The molecule has 0 aliphatic heterocycles. The molecular formula is C18H20N4O2S. The molecule has 3 aromatic carbocycles. The second kappa shape index (κ2) is 6.45. The first-order valence-corrected chi connectivity index (χ1v) is 9.26. The van der Waals surface area contributed by atoms with Gasteiger partial charge in [0.25, 0.3) is 0 Å². The van der Waals surface area contributed by atoms with Gasteiger partial charge in [0.1, 0.15) is 5.66 Å². The van der Waals surface area contributed by atoms with Crippen molar-refractivity contribution in [2.75, 3.05) is 11.9 Å². The van der Waals surface area contributed by atoms with Crippen LogP contribution in [-0.2, 0) is 15.7 Å². The molecule has 0 radical (unpaired) electrons. The van der Waals surface area contributed by atoms with Gasteiger partial charge in [-0.1, -0.05) is 42.5 Å². The van der Waals surface area contributed by atoms with Crippen molar-refractivity contribution in [3.05, 3.63) is 72.3 Å². The number of anilines is 1. The number of fused-ring (bicyclic) bond motifs is 1. The Kier molecular flexibility index (Phi) is 4.49. The van der Waals surface area contributed by atoms with Gasteiger partial charge >= 0.3 is 0 Å². The molecule has 0 fully saturated rings. The number of sulfonamides is 1. The lowest BCUT2D eigenvalue weighted by atomic mass is 9.93. The molecule has 1 atom stereocenters. The van der Waals surface area contributed by atoms with Gasteiger partial charge in [0.05, 0.1) is 4.90 Å². The number of rotatable bonds is 5. The summed E-state index contributed by atoms with van der Waals surface area (Å²) in [4.78, 5) is 0.0404. The van der Waals surface area contributed by atoms with E-state index in [-0.39, 0.29) is 11.4 Å². The Hall–Kier alpha value is -2.45. The Morgan fingerprint density at radius 1 is 0.920 bits per heavy atom. The maximum atomic E-state index is 11.4. The minimum Gasteiger partial charge on any atom is -0.363 e. The second-order valence-corrected chi connectivity index (χ2v) is 7.46. The highest BCUT2D eigenvalue weighted by atomic mass is 32.2. The minimum atomic E-state index is -3.73. The Morgan fingerprint density at radius 2 is 1.56 bits per heavy atom. The summed E-state index contributed by atoms with van der Waals surface area (Å²) < 4.78 is 22.7. The van der Waals surface area contributed by atoms with Crippen LogP contribution >= 0.6 is 0 Å². The number of nitrogens with one attached hydrogen (secondary N) is 1. The molecule has 25 heavy (non-hydrogen) atoms. The highest BCUT2D eigenvalue weighted by molar-refractivity contribution is 7.89. The molecule has 0 saturated heterocycles. The molecule has 0 spiro atoms. The van der Waals surface area contributed by atoms with E-state index in [1.807, 2.05) is 42.5 Å². The van der Waals surface area contributed by atoms with E-state index in [9.17, 15) is 8.42 Å². The number of benzene rings is 3. The first-order chi connectivity index (χ1) is 11.8. The highest BCUT2D eigenvalue weighted by Crippen LogP contribution is 2.28. The van der Waals surface area contributed by atoms with E-state index in [1.165, 1.54) is 12.1 Å². The third kappa shape index (κ3) is 3.49. The summed E-state index contributed by atoms with van der Waals surface area (Å²) in [6.45, 7) is 0.151. The van der Waals surface area contributed by atoms with Crippen molar-refractivity contribution in [3.8, 4) is 0 Å². The molecule has 7 N–H and O–H groups in total. The fourth-order valence-corrected chi connectivity index (χ4v) is 3.34. The third-order valence-corrected chi connectivity index (χ3v) is 5.07. The SMILES string of the molecule is NCC(N)(Nc1ccc(S(N)(=O)=O)cc1)c1cccc2ccccc12. The van der Waals surface area contributed by atoms with E-state index in [0.717, 1.165) is 16.3 Å². The van der Waals surface area contributed by atoms with Crippen LogP contribution in [0.5, 0.6) is 0 Å². The zero-order valence-electron chi connectivity index (χ0n) is 13.5. The van der Waals surface area contributed by atoms with Gasteiger partial charge in [-0.05, 0) is 35.0 Å². The van der Waals surface area contributed by atoms with Gasteiger partial charge in [-0.25, -0.2) is 13.6 Å². The molecule has 1 unspecified atom stereocenters. The van der Waals surface area contributed by atoms with Crippen molar-refractivity contribution in [1.29, 1.82) is 0 Å². The zero-order chi connectivity index (χ0) is 18.1. The van der Waals surface area contributed by atoms with Crippen molar-refractivity contribution in [2.45, 2.75) is 10.6 Å². The van der Waals surface area contributed by atoms with Crippen molar-refractivity contribution in [1.82, 2.24) is 0 Å². The minimum absolute atomic E-state index is 0.0404. The van der Waals surface area contributed by atoms with Crippen LogP contribution in [0.1, 0.15) is 5.56 Å². The Bertz CT molecular complexity index is 998. The molecule has 0 aliphatic rings. The van der Waals surface area contributed by atoms with Gasteiger partial charge in [0.15, 0.2) is 0 Å². The van der Waals surface area contributed by atoms with Crippen LogP contribution in [0.3, 0.4) is 0 Å². The van der Waals surface area contributed by atoms with Crippen LogP contribution in [0.15, 0.2) is 71.6 Å². The summed E-state index contributed by atoms with van der Waals surface area (Å²) in [6, 6.07) is 19.9. The lowest BCUT2D eigenvalue weighted by molar-refractivity contribution is 0.529. The van der Waals surface area contributed by atoms with Crippen LogP contribution in [0.2, 0.25) is 0 Å². The maximum absolute atomic E-state index is 11.4. The van der Waals surface area contributed by atoms with E-state index < -0.39 is 15.7 Å². The predicted octanol–water partition coefficient (Wildman–Crippen LogP) is 1.67. The summed E-state index contributed by atoms with van der Waals surface area (Å²) in [5, 5.41) is 10.4. The number of hydrogen-bond acceptors (Lipinski definition) is 5. The fourth-order valence-electron chi connectivity index (χ4n) is 2.83. The molecule has 0 heterocycles. The first kappa shape index (κ1) is 17.4. The predicted molar refractivity (Wildman–Crippen MR) is 100 cm³/mol. The van der Waals surface area contributed by atoms with Gasteiger partial charge in [-0.2, -0.15) is 0 Å². The molecule has 0 aromatic heterocycles. The average molecular weight is 356 g/mol. The highest BCUT2D eigenvalue weighted by Gasteiger charge is 2.27. The first-order valence-electron chi connectivity index (χ1n) is 7.72. The lowest BCUT2D eigenvalue weighted by Gasteiger charge is -2.32. The van der Waals surface area contributed by atoms with Crippen molar-refractivity contribution in [2.24, 2.45) is 16.6 Å². The number of nitrogens with two attached hydrogens (primary N) is 3. The molecule has 0 aliphatic carbocycles. The van der Waals surface area contributed by atoms with Gasteiger partial charge in [-0.3, -0.25) is 0 Å². The van der Waals surface area contributed by atoms with E-state index in [2.05, 4.69) is 5.32 Å². The largest absolute Gasteiger partial charge is 0.363 e. The summed E-state index contributed by atoms with van der Waals surface area (Å²) in [5.74, 6) is 0. The van der Waals surface area contributed by atoms with Crippen molar-refractivity contribution >= 4 is 26.5 Å². The zero-order valence-corrected chi connectivity index (χ0v) is 14.3. The van der Waals surface area contributed by atoms with Gasteiger partial charge in [0, 0.05) is 17.8 Å². The van der Waals surface area contributed by atoms with Crippen molar-refractivity contribution in [3.63, 3.8) is 0 Å². The lowest BCUT2D eigenvalue weighted by Crippen LogP contribution is -2.50. The Balaban J connectivity index is 2.00. The number of hydrogen-bond donors (Lipinski definition) is 4. The standard InChI is InChI=1S/C18H20N4O2S/c19-12-18(20,17-7-3-5-13-4-1-2-6-16(13)17)22-14-8-10-15(11-9-14)25(21,23)24/h1-11,22H,12,19-20H2,(H2,21,23,24). The third-order valence-electron chi connectivity index (χ3n) is 4.14. The molecule has 6 nitrogen and oxygen atoms in total. The van der Waals surface area contributed by atoms with Crippen LogP contribution in [-0.4, -0.2) is 15.0 Å². The van der Waals surface area contributed by atoms with Crippen LogP contribution < -0.4 is 21.9 Å². The molecule has 3 rings (SSSR count). The van der Waals surface area contributed by atoms with Crippen LogP contribution in [0.4, 0.5) is 5.69 Å². The van der Waals surface area contributed by atoms with Crippen LogP contribution in [0, 0.1) is 0 Å². The van der Waals surface area contributed by atoms with Crippen molar-refractivity contribution < 1.29 is 8.42 Å². The fraction of sp³-hybridized carbons (Fsp3) is 0.111. The molecule has 7 heteroatoms. The molecule has 0 amide bonds. The van der Waals surface area contributed by atoms with E-state index in [4.69, 9.17) is 16.6 Å². The molecular weight excluding hydrogens is 336 g/mol. The topological polar surface area (TPSA) is 124 Å². The van der Waals surface area contributed by atoms with E-state index >= 15 is 0 Å². The second-order valence-electron chi connectivity index (χ2n) is 5.90. The molecule has 3 aromatic rings. The monoisotopic (exact) mass is 356 g/mol. The summed E-state index contributed by atoms with van der Waals surface area (Å²) in [6.07, 6.45) is 0. The van der Waals surface area contributed by atoms with Gasteiger partial charge in [-0.15, -0.1) is 0 Å². The molecule has 0 bridgehead atoms.